The quantitative estimate of drug-likeness (QED) is 0.657. The van der Waals surface area contributed by atoms with Crippen molar-refractivity contribution >= 4 is 22.6 Å². The number of nitrogens with one attached hydrogen (secondary N) is 1. The van der Waals surface area contributed by atoms with Crippen LogP contribution in [0, 0.1) is 13.8 Å². The summed E-state index contributed by atoms with van der Waals surface area (Å²) in [6.07, 6.45) is 1.49. The number of hydrogen-bond acceptors (Lipinski definition) is 6. The van der Waals surface area contributed by atoms with Crippen LogP contribution in [0.4, 0.5) is 11.5 Å². The molecule has 1 aromatic carbocycles. The van der Waals surface area contributed by atoms with Crippen LogP contribution in [0.1, 0.15) is 30.7 Å². The molecule has 0 aliphatic carbocycles. The number of rotatable bonds is 6. The molecule has 25 heavy (non-hydrogen) atoms. The Balaban J connectivity index is 1.94. The van der Waals surface area contributed by atoms with E-state index >= 15 is 0 Å². The number of benzene rings is 1. The Morgan fingerprint density at radius 2 is 1.92 bits per heavy atom. The first-order valence-electron chi connectivity index (χ1n) is 8.55. The van der Waals surface area contributed by atoms with Gasteiger partial charge in [0.05, 0.1) is 5.39 Å². The Labute approximate surface area is 147 Å². The minimum Gasteiger partial charge on any atom is -0.508 e. The van der Waals surface area contributed by atoms with Gasteiger partial charge in [-0.15, -0.1) is 0 Å². The first-order valence-corrected chi connectivity index (χ1v) is 8.55. The van der Waals surface area contributed by atoms with Crippen LogP contribution in [0.5, 0.6) is 5.75 Å². The zero-order chi connectivity index (χ0) is 18.0. The van der Waals surface area contributed by atoms with Crippen LogP contribution in [0.3, 0.4) is 0 Å². The van der Waals surface area contributed by atoms with Gasteiger partial charge in [-0.05, 0) is 45.1 Å². The van der Waals surface area contributed by atoms with Gasteiger partial charge in [0.15, 0.2) is 0 Å². The van der Waals surface area contributed by atoms with E-state index < -0.39 is 0 Å². The molecular formula is C19H24N4O2. The number of hydrogen-bond donors (Lipinski definition) is 2. The minimum atomic E-state index is 0.306. The lowest BCUT2D eigenvalue weighted by molar-refractivity contribution is 0.291. The fourth-order valence-corrected chi connectivity index (χ4v) is 2.89. The van der Waals surface area contributed by atoms with Gasteiger partial charge < -0.3 is 14.8 Å². The highest BCUT2D eigenvalue weighted by Crippen LogP contribution is 2.31. The van der Waals surface area contributed by atoms with Crippen LogP contribution in [0.15, 0.2) is 28.9 Å². The third kappa shape index (κ3) is 3.44. The second-order valence-electron chi connectivity index (χ2n) is 6.12. The number of aromatic hydroxyl groups is 1. The van der Waals surface area contributed by atoms with Crippen molar-refractivity contribution in [3.63, 3.8) is 0 Å². The Hall–Kier alpha value is -2.60. The molecule has 6 nitrogen and oxygen atoms in total. The molecule has 0 saturated carbocycles. The Morgan fingerprint density at radius 3 is 2.64 bits per heavy atom. The van der Waals surface area contributed by atoms with E-state index in [0.29, 0.717) is 23.8 Å². The molecule has 3 aromatic rings. The molecule has 0 saturated heterocycles. The van der Waals surface area contributed by atoms with Crippen molar-refractivity contribution in [2.24, 2.45) is 0 Å². The van der Waals surface area contributed by atoms with E-state index in [2.05, 4.69) is 34.0 Å². The maximum absolute atomic E-state index is 10.2. The molecule has 0 aliphatic rings. The maximum Gasteiger partial charge on any atom is 0.231 e. The minimum absolute atomic E-state index is 0.306. The van der Waals surface area contributed by atoms with Crippen molar-refractivity contribution in [2.45, 2.75) is 34.2 Å². The van der Waals surface area contributed by atoms with Gasteiger partial charge in [-0.3, -0.25) is 4.90 Å². The number of nitrogens with zero attached hydrogens (tertiary/aromatic N) is 3. The number of aryl methyl sites for hydroxylation is 2. The highest BCUT2D eigenvalue weighted by Gasteiger charge is 2.14. The summed E-state index contributed by atoms with van der Waals surface area (Å²) in [6.45, 7) is 10.7. The lowest BCUT2D eigenvalue weighted by atomic mass is 10.1. The molecule has 2 aromatic heterocycles. The van der Waals surface area contributed by atoms with Crippen LogP contribution in [0.2, 0.25) is 0 Å². The normalized spacial score (nSPS) is 11.4. The van der Waals surface area contributed by atoms with Crippen molar-refractivity contribution in [3.05, 3.63) is 41.4 Å². The average Bonchev–Trinajstić information content (AvgIpc) is 2.90. The summed E-state index contributed by atoms with van der Waals surface area (Å²) in [4.78, 5) is 10.8. The third-order valence-electron chi connectivity index (χ3n) is 4.60. The van der Waals surface area contributed by atoms with E-state index in [4.69, 9.17) is 4.42 Å². The molecule has 0 unspecified atom stereocenters. The third-order valence-corrected chi connectivity index (χ3v) is 4.60. The van der Waals surface area contributed by atoms with Gasteiger partial charge in [-0.25, -0.2) is 9.97 Å². The van der Waals surface area contributed by atoms with Crippen LogP contribution >= 0.6 is 0 Å². The van der Waals surface area contributed by atoms with E-state index in [1.54, 1.807) is 6.07 Å². The van der Waals surface area contributed by atoms with E-state index in [1.807, 2.05) is 26.0 Å². The number of aromatic nitrogens is 2. The summed E-state index contributed by atoms with van der Waals surface area (Å²) >= 11 is 0. The molecule has 3 rings (SSSR count). The van der Waals surface area contributed by atoms with Crippen molar-refractivity contribution in [1.82, 2.24) is 14.9 Å². The van der Waals surface area contributed by atoms with Gasteiger partial charge in [-0.2, -0.15) is 0 Å². The molecular weight excluding hydrogens is 316 g/mol. The molecule has 0 fully saturated rings. The lowest BCUT2D eigenvalue weighted by Crippen LogP contribution is -2.22. The lowest BCUT2D eigenvalue weighted by Gasteiger charge is -2.19. The molecule has 2 N–H and O–H groups in total. The summed E-state index contributed by atoms with van der Waals surface area (Å²) in [5.74, 6) is 1.85. The Bertz CT molecular complexity index is 885. The number of furan rings is 1. The Morgan fingerprint density at radius 1 is 1.16 bits per heavy atom. The second kappa shape index (κ2) is 7.11. The fraction of sp³-hybridized carbons (Fsp3) is 0.368. The number of phenols is 1. The largest absolute Gasteiger partial charge is 0.508 e. The molecule has 0 aliphatic heterocycles. The SMILES string of the molecule is CCN(CC)Cc1cc(Nc2ncnc3oc(C)c(C)c23)ccc1O. The van der Waals surface area contributed by atoms with E-state index in [0.717, 1.165) is 41.1 Å². The average molecular weight is 340 g/mol. The molecule has 0 spiro atoms. The van der Waals surface area contributed by atoms with Gasteiger partial charge in [0.25, 0.3) is 0 Å². The van der Waals surface area contributed by atoms with Gasteiger partial charge in [0, 0.05) is 23.4 Å². The maximum atomic E-state index is 10.2. The van der Waals surface area contributed by atoms with Crippen LogP contribution in [-0.4, -0.2) is 33.1 Å². The summed E-state index contributed by atoms with van der Waals surface area (Å²) in [5, 5.41) is 14.4. The van der Waals surface area contributed by atoms with Gasteiger partial charge in [-0.1, -0.05) is 13.8 Å². The van der Waals surface area contributed by atoms with Crippen molar-refractivity contribution in [1.29, 1.82) is 0 Å². The summed E-state index contributed by atoms with van der Waals surface area (Å²) < 4.78 is 5.66. The van der Waals surface area contributed by atoms with E-state index in [-0.39, 0.29) is 0 Å². The van der Waals surface area contributed by atoms with Crippen LogP contribution in [0.25, 0.3) is 11.1 Å². The van der Waals surface area contributed by atoms with Gasteiger partial charge in [0.1, 0.15) is 23.7 Å². The van der Waals surface area contributed by atoms with Crippen molar-refractivity contribution in [3.8, 4) is 5.75 Å². The molecule has 0 bridgehead atoms. The molecule has 0 radical (unpaired) electrons. The predicted molar refractivity (Wildman–Crippen MR) is 99.3 cm³/mol. The highest BCUT2D eigenvalue weighted by atomic mass is 16.3. The van der Waals surface area contributed by atoms with Crippen molar-refractivity contribution in [2.75, 3.05) is 18.4 Å². The smallest absolute Gasteiger partial charge is 0.231 e. The standard InChI is InChI=1S/C19H24N4O2/c1-5-23(6-2)10-14-9-15(7-8-16(14)24)22-18-17-12(3)13(4)25-19(17)21-11-20-18/h7-9,11,24H,5-6,10H2,1-4H3,(H,20,21,22). The highest BCUT2D eigenvalue weighted by molar-refractivity contribution is 5.91. The molecule has 2 heterocycles. The van der Waals surface area contributed by atoms with Crippen LogP contribution < -0.4 is 5.32 Å². The first-order chi connectivity index (χ1) is 12.0. The number of anilines is 2. The summed E-state index contributed by atoms with van der Waals surface area (Å²) in [7, 11) is 0. The monoisotopic (exact) mass is 340 g/mol. The fourth-order valence-electron chi connectivity index (χ4n) is 2.89. The van der Waals surface area contributed by atoms with E-state index in [9.17, 15) is 5.11 Å². The zero-order valence-electron chi connectivity index (χ0n) is 15.1. The second-order valence-corrected chi connectivity index (χ2v) is 6.12. The first kappa shape index (κ1) is 17.2. The summed E-state index contributed by atoms with van der Waals surface area (Å²) in [6, 6.07) is 5.52. The molecule has 0 atom stereocenters. The number of phenolic OH excluding ortho intramolecular Hbond substituents is 1. The molecule has 132 valence electrons. The molecule has 6 heteroatoms. The van der Waals surface area contributed by atoms with E-state index in [1.165, 1.54) is 6.33 Å². The van der Waals surface area contributed by atoms with Gasteiger partial charge in [0.2, 0.25) is 5.71 Å². The summed E-state index contributed by atoms with van der Waals surface area (Å²) in [5.41, 5.74) is 3.37. The van der Waals surface area contributed by atoms with Crippen molar-refractivity contribution < 1.29 is 9.52 Å². The Kier molecular flexibility index (Phi) is 4.90. The molecule has 0 amide bonds. The number of fused-ring (bicyclic) bond motifs is 1. The van der Waals surface area contributed by atoms with Crippen LogP contribution in [-0.2, 0) is 6.54 Å². The van der Waals surface area contributed by atoms with Gasteiger partial charge >= 0.3 is 0 Å². The topological polar surface area (TPSA) is 74.4 Å². The zero-order valence-corrected chi connectivity index (χ0v) is 15.1. The predicted octanol–water partition coefficient (Wildman–Crippen LogP) is 4.13.